The zero-order valence-corrected chi connectivity index (χ0v) is 22.8. The molecule has 0 aromatic carbocycles. The van der Waals surface area contributed by atoms with Gasteiger partial charge in [0.15, 0.2) is 0 Å². The Morgan fingerprint density at radius 3 is 2.35 bits per heavy atom. The van der Waals surface area contributed by atoms with Gasteiger partial charge in [0, 0.05) is 41.7 Å². The van der Waals surface area contributed by atoms with Crippen molar-refractivity contribution in [2.45, 2.75) is 86.0 Å². The molecule has 1 aliphatic heterocycles. The van der Waals surface area contributed by atoms with E-state index in [2.05, 4.69) is 40.7 Å². The highest BCUT2D eigenvalue weighted by atomic mass is 16.6. The summed E-state index contributed by atoms with van der Waals surface area (Å²) in [4.78, 5) is 37.4. The second-order valence-corrected chi connectivity index (χ2v) is 12.7. The van der Waals surface area contributed by atoms with Crippen molar-refractivity contribution in [3.8, 4) is 0 Å². The van der Waals surface area contributed by atoms with Gasteiger partial charge in [0.1, 0.15) is 18.3 Å². The van der Waals surface area contributed by atoms with E-state index in [9.17, 15) is 14.4 Å². The van der Waals surface area contributed by atoms with Crippen LogP contribution in [0.2, 0.25) is 0 Å². The summed E-state index contributed by atoms with van der Waals surface area (Å²) in [6.45, 7) is 13.8. The van der Waals surface area contributed by atoms with Crippen molar-refractivity contribution < 1.29 is 33.0 Å². The largest absolute Gasteiger partial charge is 0.472 e. The lowest BCUT2D eigenvalue weighted by atomic mass is 9.38. The molecule has 2 saturated carbocycles. The zero-order valence-electron chi connectivity index (χ0n) is 22.8. The number of hydrogen-bond donors (Lipinski definition) is 0. The van der Waals surface area contributed by atoms with Crippen LogP contribution in [0.15, 0.2) is 46.8 Å². The standard InChI is InChI=1S/C30H38O7/c1-17(31)35-23-9-12-28(5)20-8-11-29(6)22(15-25(33)37-26(29)19-10-13-34-16-19)30(20,7)24(36-18(2)32)14-21(28)27(23,3)4/h9-10,12-13,15-16,20-21,23-24,26H,8,11,14H2,1-7H3/t20-,21-,23-,24+,26-,28-,29+,30-/m0/s1. The monoisotopic (exact) mass is 510 g/mol. The Morgan fingerprint density at radius 2 is 1.73 bits per heavy atom. The molecular formula is C30H38O7. The van der Waals surface area contributed by atoms with E-state index in [-0.39, 0.29) is 46.7 Å². The highest BCUT2D eigenvalue weighted by Gasteiger charge is 2.69. The van der Waals surface area contributed by atoms with Crippen molar-refractivity contribution in [3.05, 3.63) is 48.0 Å². The van der Waals surface area contributed by atoms with Crippen LogP contribution in [0.1, 0.15) is 79.4 Å². The minimum atomic E-state index is -0.597. The SMILES string of the molecule is CC(=O)O[C@H]1C=C[C@]2(C)[C@@H](C[C@@H](OC(C)=O)[C@]3(C)C4=CC(=O)O[C@@H](c5ccoc5)[C@]4(C)CC[C@@H]23)C1(C)C. The number of allylic oxidation sites excluding steroid dienone is 1. The molecule has 0 saturated heterocycles. The molecule has 0 radical (unpaired) electrons. The Morgan fingerprint density at radius 1 is 1.03 bits per heavy atom. The fraction of sp³-hybridized carbons (Fsp3) is 0.633. The van der Waals surface area contributed by atoms with Gasteiger partial charge in [0.25, 0.3) is 0 Å². The second kappa shape index (κ2) is 8.34. The average molecular weight is 511 g/mol. The maximum Gasteiger partial charge on any atom is 0.331 e. The summed E-state index contributed by atoms with van der Waals surface area (Å²) in [5.41, 5.74) is 0.0988. The van der Waals surface area contributed by atoms with Crippen LogP contribution < -0.4 is 0 Å². The molecule has 2 fully saturated rings. The van der Waals surface area contributed by atoms with E-state index in [1.807, 2.05) is 12.1 Å². The molecule has 1 aromatic rings. The number of rotatable bonds is 3. The molecule has 8 atom stereocenters. The van der Waals surface area contributed by atoms with Gasteiger partial charge < -0.3 is 18.6 Å². The molecule has 5 rings (SSSR count). The Hall–Kier alpha value is -2.83. The van der Waals surface area contributed by atoms with Crippen LogP contribution in [0.3, 0.4) is 0 Å². The highest BCUT2D eigenvalue weighted by Crippen LogP contribution is 2.72. The van der Waals surface area contributed by atoms with Crippen LogP contribution in [0.25, 0.3) is 0 Å². The van der Waals surface area contributed by atoms with Gasteiger partial charge in [0.05, 0.1) is 12.5 Å². The van der Waals surface area contributed by atoms with Crippen molar-refractivity contribution in [2.75, 3.05) is 0 Å². The summed E-state index contributed by atoms with van der Waals surface area (Å²) in [5.74, 6) is -0.863. The average Bonchev–Trinajstić information content (AvgIpc) is 3.32. The predicted octanol–water partition coefficient (Wildman–Crippen LogP) is 5.71. The van der Waals surface area contributed by atoms with E-state index in [0.29, 0.717) is 6.42 Å². The van der Waals surface area contributed by atoms with Crippen LogP contribution >= 0.6 is 0 Å². The van der Waals surface area contributed by atoms with Crippen LogP contribution in [0, 0.1) is 33.5 Å². The number of fused-ring (bicyclic) bond motifs is 5. The van der Waals surface area contributed by atoms with Crippen LogP contribution in [-0.4, -0.2) is 30.1 Å². The van der Waals surface area contributed by atoms with Crippen LogP contribution in [0.4, 0.5) is 0 Å². The van der Waals surface area contributed by atoms with Gasteiger partial charge in [-0.15, -0.1) is 0 Å². The topological polar surface area (TPSA) is 92.0 Å². The molecule has 0 N–H and O–H groups in total. The van der Waals surface area contributed by atoms with Gasteiger partial charge in [-0.3, -0.25) is 9.59 Å². The quantitative estimate of drug-likeness (QED) is 0.292. The Kier molecular flexibility index (Phi) is 5.81. The zero-order chi connectivity index (χ0) is 27.0. The number of ether oxygens (including phenoxy) is 3. The van der Waals surface area contributed by atoms with Crippen molar-refractivity contribution in [2.24, 2.45) is 33.5 Å². The van der Waals surface area contributed by atoms with Gasteiger partial charge in [-0.05, 0) is 54.2 Å². The van der Waals surface area contributed by atoms with Gasteiger partial charge in [-0.25, -0.2) is 4.79 Å². The van der Waals surface area contributed by atoms with E-state index in [1.54, 1.807) is 18.6 Å². The van der Waals surface area contributed by atoms with Crippen LogP contribution in [0.5, 0.6) is 0 Å². The molecule has 0 bridgehead atoms. The van der Waals surface area contributed by atoms with E-state index in [0.717, 1.165) is 24.0 Å². The van der Waals surface area contributed by atoms with Gasteiger partial charge in [-0.1, -0.05) is 40.7 Å². The molecule has 2 heterocycles. The molecule has 0 unspecified atom stereocenters. The molecule has 37 heavy (non-hydrogen) atoms. The lowest BCUT2D eigenvalue weighted by Gasteiger charge is -2.68. The Balaban J connectivity index is 1.66. The van der Waals surface area contributed by atoms with Crippen molar-refractivity contribution in [3.63, 3.8) is 0 Å². The minimum Gasteiger partial charge on any atom is -0.472 e. The van der Waals surface area contributed by atoms with E-state index in [1.165, 1.54) is 13.8 Å². The first-order chi connectivity index (χ1) is 17.2. The van der Waals surface area contributed by atoms with E-state index >= 15 is 0 Å². The maximum absolute atomic E-state index is 13.0. The third kappa shape index (κ3) is 3.63. The molecule has 7 nitrogen and oxygen atoms in total. The third-order valence-corrected chi connectivity index (χ3v) is 10.3. The summed E-state index contributed by atoms with van der Waals surface area (Å²) in [6.07, 6.45) is 10.1. The summed E-state index contributed by atoms with van der Waals surface area (Å²) >= 11 is 0. The minimum absolute atomic E-state index is 0.0851. The summed E-state index contributed by atoms with van der Waals surface area (Å²) < 4.78 is 23.1. The van der Waals surface area contributed by atoms with Crippen molar-refractivity contribution in [1.82, 2.24) is 0 Å². The molecule has 3 aliphatic carbocycles. The molecule has 0 spiro atoms. The maximum atomic E-state index is 13.0. The van der Waals surface area contributed by atoms with Crippen LogP contribution in [-0.2, 0) is 28.6 Å². The lowest BCUT2D eigenvalue weighted by Crippen LogP contribution is -2.65. The summed E-state index contributed by atoms with van der Waals surface area (Å²) in [7, 11) is 0. The Bertz CT molecular complexity index is 1180. The highest BCUT2D eigenvalue weighted by molar-refractivity contribution is 5.85. The molecule has 200 valence electrons. The van der Waals surface area contributed by atoms with Gasteiger partial charge in [0.2, 0.25) is 0 Å². The van der Waals surface area contributed by atoms with Gasteiger partial charge >= 0.3 is 17.9 Å². The molecule has 1 aromatic heterocycles. The second-order valence-electron chi connectivity index (χ2n) is 12.7. The third-order valence-electron chi connectivity index (χ3n) is 10.3. The smallest absolute Gasteiger partial charge is 0.331 e. The molecular weight excluding hydrogens is 472 g/mol. The fourth-order valence-electron chi connectivity index (χ4n) is 8.66. The molecule has 7 heteroatoms. The van der Waals surface area contributed by atoms with E-state index < -0.39 is 23.0 Å². The first-order valence-corrected chi connectivity index (χ1v) is 13.2. The molecule has 4 aliphatic rings. The first-order valence-electron chi connectivity index (χ1n) is 13.2. The predicted molar refractivity (Wildman–Crippen MR) is 135 cm³/mol. The summed E-state index contributed by atoms with van der Waals surface area (Å²) in [5, 5.41) is 0. The van der Waals surface area contributed by atoms with Crippen molar-refractivity contribution >= 4 is 17.9 Å². The Labute approximate surface area is 218 Å². The number of carbonyl (C=O) groups excluding carboxylic acids is 3. The normalized spacial score (nSPS) is 41.9. The number of hydrogen-bond acceptors (Lipinski definition) is 7. The number of cyclic esters (lactones) is 1. The number of carbonyl (C=O) groups is 3. The summed E-state index contributed by atoms with van der Waals surface area (Å²) in [6, 6.07) is 1.85. The van der Waals surface area contributed by atoms with Gasteiger partial charge in [-0.2, -0.15) is 0 Å². The van der Waals surface area contributed by atoms with E-state index in [4.69, 9.17) is 18.6 Å². The number of esters is 3. The fourth-order valence-corrected chi connectivity index (χ4v) is 8.66. The number of furan rings is 1. The molecule has 0 amide bonds. The first kappa shape index (κ1) is 25.8. The lowest BCUT2D eigenvalue weighted by molar-refractivity contribution is -0.204. The van der Waals surface area contributed by atoms with Crippen molar-refractivity contribution in [1.29, 1.82) is 0 Å².